The molecule has 1 aliphatic rings. The van der Waals surface area contributed by atoms with Gasteiger partial charge in [-0.15, -0.1) is 0 Å². The van der Waals surface area contributed by atoms with Crippen molar-refractivity contribution in [2.45, 2.75) is 32.5 Å². The first-order chi connectivity index (χ1) is 10.0. The summed E-state index contributed by atoms with van der Waals surface area (Å²) in [4.78, 5) is 14.4. The molecule has 1 aromatic carbocycles. The first-order valence-electron chi connectivity index (χ1n) is 7.17. The lowest BCUT2D eigenvalue weighted by molar-refractivity contribution is -0.142. The van der Waals surface area contributed by atoms with E-state index in [1.807, 2.05) is 36.9 Å². The minimum Gasteiger partial charge on any atom is -0.497 e. The highest BCUT2D eigenvalue weighted by Crippen LogP contribution is 2.25. The molecule has 0 N–H and O–H groups in total. The first-order valence-corrected chi connectivity index (χ1v) is 7.17. The van der Waals surface area contributed by atoms with E-state index in [4.69, 9.17) is 14.2 Å². The largest absolute Gasteiger partial charge is 0.497 e. The standard InChI is InChI=1S/C16H23NO4/c1-11-9-17(10-12(2)21-11)16(18)8-13-7-14(19-3)5-6-15(13)20-4/h5-7,11-12H,8-10H2,1-4H3. The Morgan fingerprint density at radius 3 is 2.48 bits per heavy atom. The van der Waals surface area contributed by atoms with Crippen LogP contribution in [0.5, 0.6) is 11.5 Å². The van der Waals surface area contributed by atoms with Gasteiger partial charge in [0.05, 0.1) is 32.8 Å². The van der Waals surface area contributed by atoms with Gasteiger partial charge < -0.3 is 19.1 Å². The third-order valence-electron chi connectivity index (χ3n) is 3.60. The highest BCUT2D eigenvalue weighted by Gasteiger charge is 2.26. The topological polar surface area (TPSA) is 48.0 Å². The van der Waals surface area contributed by atoms with Crippen LogP contribution in [0.1, 0.15) is 19.4 Å². The minimum absolute atomic E-state index is 0.0740. The molecule has 5 heteroatoms. The number of hydrogen-bond acceptors (Lipinski definition) is 4. The maximum absolute atomic E-state index is 12.5. The van der Waals surface area contributed by atoms with Gasteiger partial charge in [0.2, 0.25) is 5.91 Å². The summed E-state index contributed by atoms with van der Waals surface area (Å²) >= 11 is 0. The zero-order valence-electron chi connectivity index (χ0n) is 13.1. The Balaban J connectivity index is 2.11. The molecule has 0 spiro atoms. The lowest BCUT2D eigenvalue weighted by Gasteiger charge is -2.35. The predicted octanol–water partition coefficient (Wildman–Crippen LogP) is 1.88. The number of morpholine rings is 1. The van der Waals surface area contributed by atoms with E-state index < -0.39 is 0 Å². The van der Waals surface area contributed by atoms with E-state index in [2.05, 4.69) is 0 Å². The Morgan fingerprint density at radius 1 is 1.24 bits per heavy atom. The van der Waals surface area contributed by atoms with Crippen LogP contribution in [0.4, 0.5) is 0 Å². The van der Waals surface area contributed by atoms with Gasteiger partial charge in [0.15, 0.2) is 0 Å². The molecule has 1 saturated heterocycles. The van der Waals surface area contributed by atoms with Crippen LogP contribution in [0.3, 0.4) is 0 Å². The normalized spacial score (nSPS) is 22.0. The molecule has 0 saturated carbocycles. The third kappa shape index (κ3) is 3.88. The highest BCUT2D eigenvalue weighted by atomic mass is 16.5. The second-order valence-corrected chi connectivity index (χ2v) is 5.41. The van der Waals surface area contributed by atoms with Gasteiger partial charge in [0.25, 0.3) is 0 Å². The molecular formula is C16H23NO4. The van der Waals surface area contributed by atoms with E-state index in [0.717, 1.165) is 11.3 Å². The Kier molecular flexibility index (Phi) is 5.07. The summed E-state index contributed by atoms with van der Waals surface area (Å²) in [5.41, 5.74) is 0.841. The van der Waals surface area contributed by atoms with Gasteiger partial charge in [0, 0.05) is 18.7 Å². The third-order valence-corrected chi connectivity index (χ3v) is 3.60. The number of carbonyl (C=O) groups is 1. The Hall–Kier alpha value is -1.75. The van der Waals surface area contributed by atoms with Gasteiger partial charge in [-0.25, -0.2) is 0 Å². The number of amides is 1. The number of methoxy groups -OCH3 is 2. The molecule has 1 aromatic rings. The summed E-state index contributed by atoms with van der Waals surface area (Å²) < 4.78 is 16.2. The van der Waals surface area contributed by atoms with E-state index in [0.29, 0.717) is 25.3 Å². The van der Waals surface area contributed by atoms with E-state index in [9.17, 15) is 4.79 Å². The Morgan fingerprint density at radius 2 is 1.90 bits per heavy atom. The summed E-state index contributed by atoms with van der Waals surface area (Å²) in [7, 11) is 3.22. The van der Waals surface area contributed by atoms with Crippen molar-refractivity contribution in [3.8, 4) is 11.5 Å². The summed E-state index contributed by atoms with van der Waals surface area (Å²) in [6.45, 7) is 5.25. The molecule has 2 unspecified atom stereocenters. The molecule has 2 atom stereocenters. The van der Waals surface area contributed by atoms with E-state index >= 15 is 0 Å². The fourth-order valence-corrected chi connectivity index (χ4v) is 2.68. The van der Waals surface area contributed by atoms with Crippen LogP contribution in [-0.2, 0) is 16.0 Å². The lowest BCUT2D eigenvalue weighted by atomic mass is 10.1. The summed E-state index contributed by atoms with van der Waals surface area (Å²) in [6.07, 6.45) is 0.453. The van der Waals surface area contributed by atoms with Crippen LogP contribution in [0.15, 0.2) is 18.2 Å². The van der Waals surface area contributed by atoms with Gasteiger partial charge in [-0.1, -0.05) is 0 Å². The smallest absolute Gasteiger partial charge is 0.227 e. The summed E-state index contributed by atoms with van der Waals surface area (Å²) in [6, 6.07) is 5.50. The first kappa shape index (κ1) is 15.6. The molecule has 1 heterocycles. The number of benzene rings is 1. The highest BCUT2D eigenvalue weighted by molar-refractivity contribution is 5.80. The molecule has 5 nitrogen and oxygen atoms in total. The number of ether oxygens (including phenoxy) is 3. The van der Waals surface area contributed by atoms with Crippen molar-refractivity contribution >= 4 is 5.91 Å². The zero-order valence-corrected chi connectivity index (χ0v) is 13.1. The van der Waals surface area contributed by atoms with Gasteiger partial charge in [0.1, 0.15) is 11.5 Å². The van der Waals surface area contributed by atoms with E-state index in [1.54, 1.807) is 14.2 Å². The van der Waals surface area contributed by atoms with Gasteiger partial charge in [-0.05, 0) is 32.0 Å². The number of carbonyl (C=O) groups excluding carboxylic acids is 1. The SMILES string of the molecule is COc1ccc(OC)c(CC(=O)N2CC(C)OC(C)C2)c1. The van der Waals surface area contributed by atoms with Crippen LogP contribution < -0.4 is 9.47 Å². The average Bonchev–Trinajstić information content (AvgIpc) is 2.46. The summed E-state index contributed by atoms with van der Waals surface area (Å²) in [5, 5.41) is 0. The molecule has 1 amide bonds. The van der Waals surface area contributed by atoms with Crippen LogP contribution >= 0.6 is 0 Å². The molecular weight excluding hydrogens is 270 g/mol. The van der Waals surface area contributed by atoms with Crippen LogP contribution in [-0.4, -0.2) is 50.3 Å². The van der Waals surface area contributed by atoms with Crippen molar-refractivity contribution in [2.24, 2.45) is 0 Å². The van der Waals surface area contributed by atoms with Crippen LogP contribution in [0.2, 0.25) is 0 Å². The number of hydrogen-bond donors (Lipinski definition) is 0. The molecule has 116 valence electrons. The van der Waals surface area contributed by atoms with Crippen molar-refractivity contribution in [3.05, 3.63) is 23.8 Å². The van der Waals surface area contributed by atoms with Crippen molar-refractivity contribution in [1.29, 1.82) is 0 Å². The maximum Gasteiger partial charge on any atom is 0.227 e. The zero-order chi connectivity index (χ0) is 15.4. The van der Waals surface area contributed by atoms with Crippen molar-refractivity contribution in [2.75, 3.05) is 27.3 Å². The van der Waals surface area contributed by atoms with E-state index in [-0.39, 0.29) is 18.1 Å². The average molecular weight is 293 g/mol. The van der Waals surface area contributed by atoms with Crippen molar-refractivity contribution in [3.63, 3.8) is 0 Å². The quantitative estimate of drug-likeness (QED) is 0.850. The van der Waals surface area contributed by atoms with Gasteiger partial charge in [-0.3, -0.25) is 4.79 Å². The fourth-order valence-electron chi connectivity index (χ4n) is 2.68. The lowest BCUT2D eigenvalue weighted by Crippen LogP contribution is -2.48. The van der Waals surface area contributed by atoms with Gasteiger partial charge in [-0.2, -0.15) is 0 Å². The second kappa shape index (κ2) is 6.80. The van der Waals surface area contributed by atoms with Crippen LogP contribution in [0, 0.1) is 0 Å². The van der Waals surface area contributed by atoms with Crippen LogP contribution in [0.25, 0.3) is 0 Å². The molecule has 0 radical (unpaired) electrons. The fraction of sp³-hybridized carbons (Fsp3) is 0.562. The molecule has 2 rings (SSSR count). The molecule has 0 bridgehead atoms. The van der Waals surface area contributed by atoms with Gasteiger partial charge >= 0.3 is 0 Å². The summed E-state index contributed by atoms with van der Waals surface area (Å²) in [5.74, 6) is 1.52. The molecule has 1 aliphatic heterocycles. The molecule has 21 heavy (non-hydrogen) atoms. The Bertz CT molecular complexity index is 493. The monoisotopic (exact) mass is 293 g/mol. The van der Waals surface area contributed by atoms with Crippen molar-refractivity contribution in [1.82, 2.24) is 4.90 Å². The second-order valence-electron chi connectivity index (χ2n) is 5.41. The molecule has 0 aliphatic carbocycles. The number of nitrogens with zero attached hydrogens (tertiary/aromatic N) is 1. The number of rotatable bonds is 4. The predicted molar refractivity (Wildman–Crippen MR) is 79.8 cm³/mol. The molecule has 0 aromatic heterocycles. The Labute approximate surface area is 125 Å². The maximum atomic E-state index is 12.5. The van der Waals surface area contributed by atoms with Crippen molar-refractivity contribution < 1.29 is 19.0 Å². The van der Waals surface area contributed by atoms with E-state index in [1.165, 1.54) is 0 Å². The molecule has 1 fully saturated rings. The minimum atomic E-state index is 0.0740.